The molecule has 0 saturated heterocycles. The van der Waals surface area contributed by atoms with Crippen LogP contribution in [0.1, 0.15) is 29.8 Å². The molecule has 0 N–H and O–H groups in total. The van der Waals surface area contributed by atoms with E-state index in [0.717, 1.165) is 45.4 Å². The van der Waals surface area contributed by atoms with Gasteiger partial charge in [-0.1, -0.05) is 42.9 Å². The van der Waals surface area contributed by atoms with E-state index >= 15 is 0 Å². The number of aromatic nitrogens is 1. The summed E-state index contributed by atoms with van der Waals surface area (Å²) < 4.78 is 1.04. The number of hydrogen-bond donors (Lipinski definition) is 0. The molecule has 3 aromatic rings. The van der Waals surface area contributed by atoms with E-state index < -0.39 is 0 Å². The van der Waals surface area contributed by atoms with E-state index in [2.05, 4.69) is 18.7 Å². The van der Waals surface area contributed by atoms with Crippen molar-refractivity contribution in [2.24, 2.45) is 0 Å². The van der Waals surface area contributed by atoms with Gasteiger partial charge in [-0.3, -0.25) is 9.69 Å². The summed E-state index contributed by atoms with van der Waals surface area (Å²) in [7, 11) is 0. The van der Waals surface area contributed by atoms with Crippen LogP contribution in [0.25, 0.3) is 10.2 Å². The summed E-state index contributed by atoms with van der Waals surface area (Å²) in [6.45, 7) is 9.55. The smallest absolute Gasteiger partial charge is 0.260 e. The summed E-state index contributed by atoms with van der Waals surface area (Å²) in [5.74, 6) is -0.0177. The third-order valence-electron chi connectivity index (χ3n) is 5.06. The number of carbonyl (C=O) groups excluding carboxylic acids is 1. The third-order valence-corrected chi connectivity index (χ3v) is 7.24. The van der Waals surface area contributed by atoms with Crippen molar-refractivity contribution in [3.05, 3.63) is 52.5 Å². The number of carbonyl (C=O) groups is 1. The minimum absolute atomic E-state index is 0.0177. The topological polar surface area (TPSA) is 36.4 Å². The standard InChI is InChI=1S/C22H26ClN3OS2/c1-5-25(6-2)12-13-26(21(27)16-8-7-9-17(14-16)28-4)22-24-20-15(3)18(23)10-11-19(20)29-22/h7-11,14H,5-6,12-13H2,1-4H3. The van der Waals surface area contributed by atoms with Gasteiger partial charge in [0.1, 0.15) is 0 Å². The lowest BCUT2D eigenvalue weighted by Crippen LogP contribution is -2.38. The second-order valence-electron chi connectivity index (χ2n) is 6.73. The Kier molecular flexibility index (Phi) is 7.57. The molecule has 0 unspecified atom stereocenters. The Morgan fingerprint density at radius 1 is 1.17 bits per heavy atom. The van der Waals surface area contributed by atoms with Crippen LogP contribution in [-0.4, -0.2) is 48.2 Å². The number of hydrogen-bond acceptors (Lipinski definition) is 5. The summed E-state index contributed by atoms with van der Waals surface area (Å²) in [6.07, 6.45) is 2.02. The van der Waals surface area contributed by atoms with Gasteiger partial charge in [0.15, 0.2) is 5.13 Å². The lowest BCUT2D eigenvalue weighted by atomic mass is 10.2. The van der Waals surface area contributed by atoms with Gasteiger partial charge in [-0.2, -0.15) is 0 Å². The van der Waals surface area contributed by atoms with Gasteiger partial charge in [0.2, 0.25) is 0 Å². The molecule has 1 amide bonds. The van der Waals surface area contributed by atoms with Crippen molar-refractivity contribution in [1.29, 1.82) is 0 Å². The van der Waals surface area contributed by atoms with Crippen molar-refractivity contribution in [3.63, 3.8) is 0 Å². The number of anilines is 1. The first-order chi connectivity index (χ1) is 14.0. The first-order valence-electron chi connectivity index (χ1n) is 9.72. The Morgan fingerprint density at radius 3 is 2.62 bits per heavy atom. The molecule has 3 rings (SSSR count). The number of benzene rings is 2. The molecule has 0 radical (unpaired) electrons. The molecular formula is C22H26ClN3OS2. The highest BCUT2D eigenvalue weighted by molar-refractivity contribution is 7.98. The highest BCUT2D eigenvalue weighted by Gasteiger charge is 2.23. The second kappa shape index (κ2) is 9.94. The molecule has 0 saturated carbocycles. The number of fused-ring (bicyclic) bond motifs is 1. The Morgan fingerprint density at radius 2 is 1.93 bits per heavy atom. The van der Waals surface area contributed by atoms with E-state index in [0.29, 0.717) is 17.1 Å². The van der Waals surface area contributed by atoms with Crippen LogP contribution >= 0.6 is 34.7 Å². The molecule has 0 aliphatic heterocycles. The summed E-state index contributed by atoms with van der Waals surface area (Å²) in [4.78, 5) is 23.5. The minimum atomic E-state index is -0.0177. The molecule has 1 aromatic heterocycles. The van der Waals surface area contributed by atoms with Gasteiger partial charge < -0.3 is 4.90 Å². The van der Waals surface area contributed by atoms with E-state index in [4.69, 9.17) is 16.6 Å². The Labute approximate surface area is 185 Å². The molecule has 0 spiro atoms. The largest absolute Gasteiger partial charge is 0.302 e. The van der Waals surface area contributed by atoms with Crippen LogP contribution in [0.2, 0.25) is 5.02 Å². The maximum absolute atomic E-state index is 13.5. The van der Waals surface area contributed by atoms with Crippen LogP contribution in [0, 0.1) is 6.92 Å². The van der Waals surface area contributed by atoms with Gasteiger partial charge >= 0.3 is 0 Å². The van der Waals surface area contributed by atoms with Crippen molar-refractivity contribution in [2.75, 3.05) is 37.3 Å². The van der Waals surface area contributed by atoms with Crippen molar-refractivity contribution in [1.82, 2.24) is 9.88 Å². The number of nitrogens with zero attached hydrogens (tertiary/aromatic N) is 3. The SMILES string of the molecule is CCN(CC)CCN(C(=O)c1cccc(SC)c1)c1nc2c(C)c(Cl)ccc2s1. The number of likely N-dealkylation sites (N-methyl/N-ethyl adjacent to an activating group) is 1. The molecule has 154 valence electrons. The summed E-state index contributed by atoms with van der Waals surface area (Å²) in [5.41, 5.74) is 2.51. The van der Waals surface area contributed by atoms with E-state index in [-0.39, 0.29) is 5.91 Å². The molecule has 4 nitrogen and oxygen atoms in total. The molecule has 0 fully saturated rings. The first kappa shape index (κ1) is 22.1. The van der Waals surface area contributed by atoms with Crippen molar-refractivity contribution in [2.45, 2.75) is 25.7 Å². The minimum Gasteiger partial charge on any atom is -0.302 e. The summed E-state index contributed by atoms with van der Waals surface area (Å²) in [6, 6.07) is 11.7. The highest BCUT2D eigenvalue weighted by atomic mass is 35.5. The van der Waals surface area contributed by atoms with Gasteiger partial charge in [0.05, 0.1) is 10.2 Å². The number of amides is 1. The molecule has 0 aliphatic rings. The Balaban J connectivity index is 2.00. The van der Waals surface area contributed by atoms with E-state index in [1.165, 1.54) is 11.3 Å². The van der Waals surface area contributed by atoms with Gasteiger partial charge in [0, 0.05) is 28.6 Å². The number of aryl methyl sites for hydroxylation is 1. The van der Waals surface area contributed by atoms with Crippen molar-refractivity contribution >= 4 is 56.0 Å². The molecule has 0 aliphatic carbocycles. The lowest BCUT2D eigenvalue weighted by Gasteiger charge is -2.25. The van der Waals surface area contributed by atoms with Crippen LogP contribution < -0.4 is 4.90 Å². The van der Waals surface area contributed by atoms with Crippen molar-refractivity contribution < 1.29 is 4.79 Å². The fourth-order valence-electron chi connectivity index (χ4n) is 3.18. The number of rotatable bonds is 8. The average molecular weight is 448 g/mol. The van der Waals surface area contributed by atoms with Crippen LogP contribution in [0.15, 0.2) is 41.3 Å². The van der Waals surface area contributed by atoms with E-state index in [1.54, 1.807) is 11.8 Å². The zero-order valence-electron chi connectivity index (χ0n) is 17.2. The number of thioether (sulfide) groups is 1. The molecular weight excluding hydrogens is 422 g/mol. The molecule has 1 heterocycles. The quantitative estimate of drug-likeness (QED) is 0.398. The Hall–Kier alpha value is -1.60. The summed E-state index contributed by atoms with van der Waals surface area (Å²) >= 11 is 9.46. The normalized spacial score (nSPS) is 11.4. The Bertz CT molecular complexity index is 1000. The molecule has 0 bridgehead atoms. The molecule has 2 aromatic carbocycles. The van der Waals surface area contributed by atoms with Gasteiger partial charge in [-0.25, -0.2) is 4.98 Å². The van der Waals surface area contributed by atoms with Gasteiger partial charge in [0.25, 0.3) is 5.91 Å². The molecule has 0 atom stereocenters. The number of thiazole rings is 1. The molecule has 7 heteroatoms. The molecule has 29 heavy (non-hydrogen) atoms. The monoisotopic (exact) mass is 447 g/mol. The lowest BCUT2D eigenvalue weighted by molar-refractivity contribution is 0.0983. The predicted octanol–water partition coefficient (Wildman–Crippen LogP) is 5.97. The van der Waals surface area contributed by atoms with E-state index in [1.807, 2.05) is 54.5 Å². The maximum Gasteiger partial charge on any atom is 0.260 e. The zero-order chi connectivity index (χ0) is 21.0. The number of halogens is 1. The van der Waals surface area contributed by atoms with E-state index in [9.17, 15) is 4.79 Å². The van der Waals surface area contributed by atoms with Crippen LogP contribution in [-0.2, 0) is 0 Å². The van der Waals surface area contributed by atoms with Crippen LogP contribution in [0.5, 0.6) is 0 Å². The fraction of sp³-hybridized carbons (Fsp3) is 0.364. The zero-order valence-corrected chi connectivity index (χ0v) is 19.6. The third kappa shape index (κ3) is 4.94. The second-order valence-corrected chi connectivity index (χ2v) is 9.03. The maximum atomic E-state index is 13.5. The van der Waals surface area contributed by atoms with Gasteiger partial charge in [-0.05, 0) is 62.2 Å². The van der Waals surface area contributed by atoms with Gasteiger partial charge in [-0.15, -0.1) is 11.8 Å². The fourth-order valence-corrected chi connectivity index (χ4v) is 4.84. The van der Waals surface area contributed by atoms with Crippen LogP contribution in [0.3, 0.4) is 0 Å². The highest BCUT2D eigenvalue weighted by Crippen LogP contribution is 2.34. The van der Waals surface area contributed by atoms with Crippen LogP contribution in [0.4, 0.5) is 5.13 Å². The predicted molar refractivity (Wildman–Crippen MR) is 127 cm³/mol. The van der Waals surface area contributed by atoms with Crippen molar-refractivity contribution in [3.8, 4) is 0 Å². The average Bonchev–Trinajstić information content (AvgIpc) is 3.18. The first-order valence-corrected chi connectivity index (χ1v) is 12.1. The summed E-state index contributed by atoms with van der Waals surface area (Å²) in [5, 5.41) is 1.42.